The molecule has 0 saturated carbocycles. The number of carbonyl (C=O) groups excluding carboxylic acids is 1. The minimum atomic E-state index is -0.276. The fourth-order valence-corrected chi connectivity index (χ4v) is 1.74. The molecule has 2 N–H and O–H groups in total. The smallest absolute Gasteiger partial charge is 0.234 e. The predicted octanol–water partition coefficient (Wildman–Crippen LogP) is 1.43. The van der Waals surface area contributed by atoms with Crippen molar-refractivity contribution >= 4 is 5.91 Å². The molecule has 1 rings (SSSR count). The number of primary amides is 1. The van der Waals surface area contributed by atoms with E-state index in [1.54, 1.807) is 7.11 Å². The van der Waals surface area contributed by atoms with Crippen molar-refractivity contribution in [2.24, 2.45) is 5.73 Å². The molecule has 0 aliphatic carbocycles. The lowest BCUT2D eigenvalue weighted by Gasteiger charge is -2.21. The van der Waals surface area contributed by atoms with Gasteiger partial charge in [0.2, 0.25) is 5.91 Å². The fraction of sp³-hybridized carbons (Fsp3) is 0.500. The monoisotopic (exact) mass is 250 g/mol. The molecule has 4 heteroatoms. The Hall–Kier alpha value is -1.55. The molecule has 0 fully saturated rings. The summed E-state index contributed by atoms with van der Waals surface area (Å²) in [5, 5.41) is 0. The molecule has 4 nitrogen and oxygen atoms in total. The van der Waals surface area contributed by atoms with Crippen molar-refractivity contribution in [3.63, 3.8) is 0 Å². The second kappa shape index (κ2) is 7.01. The van der Waals surface area contributed by atoms with Gasteiger partial charge >= 0.3 is 0 Å². The van der Waals surface area contributed by atoms with E-state index < -0.39 is 0 Å². The number of nitrogens with zero attached hydrogens (tertiary/aromatic N) is 1. The molecule has 0 aliphatic rings. The van der Waals surface area contributed by atoms with Crippen molar-refractivity contribution in [3.05, 3.63) is 29.8 Å². The first-order chi connectivity index (χ1) is 8.54. The number of methoxy groups -OCH3 is 1. The molecule has 0 bridgehead atoms. The quantitative estimate of drug-likeness (QED) is 0.796. The number of aryl methyl sites for hydroxylation is 1. The van der Waals surface area contributed by atoms with Gasteiger partial charge in [-0.05, 0) is 51.1 Å². The summed E-state index contributed by atoms with van der Waals surface area (Å²) in [7, 11) is 3.58. The number of hydrogen-bond acceptors (Lipinski definition) is 3. The Morgan fingerprint density at radius 2 is 2.00 bits per heavy atom. The molecule has 0 radical (unpaired) electrons. The Kier molecular flexibility index (Phi) is 5.65. The SMILES string of the molecule is COc1ccc(CCCN(C)[C@H](C)C(N)=O)cc1. The zero-order valence-corrected chi connectivity index (χ0v) is 11.3. The van der Waals surface area contributed by atoms with Crippen molar-refractivity contribution in [1.29, 1.82) is 0 Å². The highest BCUT2D eigenvalue weighted by Gasteiger charge is 2.13. The zero-order valence-electron chi connectivity index (χ0n) is 11.3. The van der Waals surface area contributed by atoms with Crippen LogP contribution in [0, 0.1) is 0 Å². The topological polar surface area (TPSA) is 55.6 Å². The molecule has 0 spiro atoms. The Bertz CT molecular complexity index is 376. The van der Waals surface area contributed by atoms with Gasteiger partial charge in [0.1, 0.15) is 5.75 Å². The highest BCUT2D eigenvalue weighted by atomic mass is 16.5. The van der Waals surface area contributed by atoms with Crippen LogP contribution in [-0.4, -0.2) is 37.6 Å². The van der Waals surface area contributed by atoms with E-state index >= 15 is 0 Å². The van der Waals surface area contributed by atoms with Crippen LogP contribution in [0.3, 0.4) is 0 Å². The molecular formula is C14H22N2O2. The number of likely N-dealkylation sites (N-methyl/N-ethyl adjacent to an activating group) is 1. The molecule has 0 heterocycles. The normalized spacial score (nSPS) is 12.4. The van der Waals surface area contributed by atoms with Gasteiger partial charge in [-0.15, -0.1) is 0 Å². The standard InChI is InChI=1S/C14H22N2O2/c1-11(14(15)17)16(2)10-4-5-12-6-8-13(18-3)9-7-12/h6-9,11H,4-5,10H2,1-3H3,(H2,15,17)/t11-/m1/s1. The van der Waals surface area contributed by atoms with E-state index in [2.05, 4.69) is 12.1 Å². The van der Waals surface area contributed by atoms with Gasteiger partial charge in [0.25, 0.3) is 0 Å². The number of amides is 1. The van der Waals surface area contributed by atoms with Crippen molar-refractivity contribution < 1.29 is 9.53 Å². The van der Waals surface area contributed by atoms with E-state index in [0.29, 0.717) is 0 Å². The highest BCUT2D eigenvalue weighted by Crippen LogP contribution is 2.12. The first-order valence-corrected chi connectivity index (χ1v) is 6.17. The average Bonchev–Trinajstić information content (AvgIpc) is 2.38. The molecule has 1 amide bonds. The molecule has 0 aromatic heterocycles. The van der Waals surface area contributed by atoms with Crippen LogP contribution in [0.4, 0.5) is 0 Å². The predicted molar refractivity (Wildman–Crippen MR) is 72.6 cm³/mol. The molecule has 18 heavy (non-hydrogen) atoms. The van der Waals surface area contributed by atoms with Crippen molar-refractivity contribution in [1.82, 2.24) is 4.90 Å². The summed E-state index contributed by atoms with van der Waals surface area (Å²) in [5.74, 6) is 0.597. The van der Waals surface area contributed by atoms with Crippen LogP contribution in [0.15, 0.2) is 24.3 Å². The van der Waals surface area contributed by atoms with Gasteiger partial charge < -0.3 is 10.5 Å². The van der Waals surface area contributed by atoms with Crippen molar-refractivity contribution in [2.45, 2.75) is 25.8 Å². The molecular weight excluding hydrogens is 228 g/mol. The molecule has 100 valence electrons. The van der Waals surface area contributed by atoms with Crippen LogP contribution in [0.5, 0.6) is 5.75 Å². The maximum absolute atomic E-state index is 11.0. The van der Waals surface area contributed by atoms with Gasteiger partial charge in [0, 0.05) is 0 Å². The Morgan fingerprint density at radius 3 is 2.50 bits per heavy atom. The van der Waals surface area contributed by atoms with E-state index in [4.69, 9.17) is 10.5 Å². The number of rotatable bonds is 7. The van der Waals surface area contributed by atoms with E-state index in [0.717, 1.165) is 25.1 Å². The van der Waals surface area contributed by atoms with Crippen LogP contribution in [0.25, 0.3) is 0 Å². The van der Waals surface area contributed by atoms with Crippen LogP contribution in [-0.2, 0) is 11.2 Å². The van der Waals surface area contributed by atoms with E-state index in [1.165, 1.54) is 5.56 Å². The maximum atomic E-state index is 11.0. The van der Waals surface area contributed by atoms with E-state index in [-0.39, 0.29) is 11.9 Å². The van der Waals surface area contributed by atoms with Gasteiger partial charge in [0.15, 0.2) is 0 Å². The minimum absolute atomic E-state index is 0.208. The second-order valence-corrected chi connectivity index (χ2v) is 4.51. The molecule has 0 unspecified atom stereocenters. The summed E-state index contributed by atoms with van der Waals surface area (Å²) < 4.78 is 5.11. The third-order valence-electron chi connectivity index (χ3n) is 3.21. The van der Waals surface area contributed by atoms with Gasteiger partial charge in [0.05, 0.1) is 13.2 Å². The van der Waals surface area contributed by atoms with Gasteiger partial charge in [-0.1, -0.05) is 12.1 Å². The maximum Gasteiger partial charge on any atom is 0.234 e. The molecule has 0 aliphatic heterocycles. The van der Waals surface area contributed by atoms with E-state index in [9.17, 15) is 4.79 Å². The van der Waals surface area contributed by atoms with Crippen molar-refractivity contribution in [2.75, 3.05) is 20.7 Å². The largest absolute Gasteiger partial charge is 0.497 e. The van der Waals surface area contributed by atoms with Gasteiger partial charge in [-0.25, -0.2) is 0 Å². The number of nitrogens with two attached hydrogens (primary N) is 1. The Labute approximate surface area is 109 Å². The first kappa shape index (κ1) is 14.5. The number of ether oxygens (including phenoxy) is 1. The lowest BCUT2D eigenvalue weighted by atomic mass is 10.1. The molecule has 1 atom stereocenters. The Balaban J connectivity index is 2.34. The molecule has 0 saturated heterocycles. The van der Waals surface area contributed by atoms with Crippen LogP contribution >= 0.6 is 0 Å². The van der Waals surface area contributed by atoms with Crippen LogP contribution in [0.1, 0.15) is 18.9 Å². The third kappa shape index (κ3) is 4.37. The van der Waals surface area contributed by atoms with Gasteiger partial charge in [-0.3, -0.25) is 9.69 Å². The lowest BCUT2D eigenvalue weighted by molar-refractivity contribution is -0.122. The van der Waals surface area contributed by atoms with Crippen LogP contribution in [0.2, 0.25) is 0 Å². The Morgan fingerprint density at radius 1 is 1.39 bits per heavy atom. The second-order valence-electron chi connectivity index (χ2n) is 4.51. The highest BCUT2D eigenvalue weighted by molar-refractivity contribution is 5.79. The third-order valence-corrected chi connectivity index (χ3v) is 3.21. The summed E-state index contributed by atoms with van der Waals surface area (Å²) in [4.78, 5) is 13.0. The van der Waals surface area contributed by atoms with Gasteiger partial charge in [-0.2, -0.15) is 0 Å². The summed E-state index contributed by atoms with van der Waals surface area (Å²) in [6, 6.07) is 7.85. The summed E-state index contributed by atoms with van der Waals surface area (Å²) in [6.45, 7) is 2.69. The zero-order chi connectivity index (χ0) is 13.5. The first-order valence-electron chi connectivity index (χ1n) is 6.17. The number of hydrogen-bond donors (Lipinski definition) is 1. The molecule has 1 aromatic rings. The number of carbonyl (C=O) groups is 1. The van der Waals surface area contributed by atoms with Crippen LogP contribution < -0.4 is 10.5 Å². The average molecular weight is 250 g/mol. The summed E-state index contributed by atoms with van der Waals surface area (Å²) >= 11 is 0. The fourth-order valence-electron chi connectivity index (χ4n) is 1.74. The van der Waals surface area contributed by atoms with E-state index in [1.807, 2.05) is 31.0 Å². The lowest BCUT2D eigenvalue weighted by Crippen LogP contribution is -2.40. The number of benzene rings is 1. The van der Waals surface area contributed by atoms with Crippen molar-refractivity contribution in [3.8, 4) is 5.75 Å². The summed E-state index contributed by atoms with van der Waals surface area (Å²) in [6.07, 6.45) is 1.99. The summed E-state index contributed by atoms with van der Waals surface area (Å²) in [5.41, 5.74) is 6.53. The molecule has 1 aromatic carbocycles. The minimum Gasteiger partial charge on any atom is -0.497 e.